The van der Waals surface area contributed by atoms with Crippen molar-refractivity contribution in [3.05, 3.63) is 58.5 Å². The van der Waals surface area contributed by atoms with E-state index in [1.807, 2.05) is 47.5 Å². The van der Waals surface area contributed by atoms with Crippen molar-refractivity contribution in [1.82, 2.24) is 19.5 Å². The molecule has 2 aromatic heterocycles. The second kappa shape index (κ2) is 8.31. The number of benzene rings is 1. The molecule has 6 nitrogen and oxygen atoms in total. The molecule has 1 aliphatic heterocycles. The predicted octanol–water partition coefficient (Wildman–Crippen LogP) is 3.84. The van der Waals surface area contributed by atoms with Crippen LogP contribution in [-0.2, 0) is 11.2 Å². The Morgan fingerprint density at radius 1 is 1.21 bits per heavy atom. The molecule has 0 bridgehead atoms. The third kappa shape index (κ3) is 3.90. The number of rotatable bonds is 5. The van der Waals surface area contributed by atoms with E-state index >= 15 is 0 Å². The van der Waals surface area contributed by atoms with Crippen LogP contribution in [0.1, 0.15) is 36.6 Å². The van der Waals surface area contributed by atoms with Crippen LogP contribution in [0.2, 0.25) is 0 Å². The van der Waals surface area contributed by atoms with Crippen molar-refractivity contribution in [3.63, 3.8) is 0 Å². The lowest BCUT2D eigenvalue weighted by Gasteiger charge is -2.31. The fourth-order valence-corrected chi connectivity index (χ4v) is 4.39. The molecule has 1 aliphatic rings. The van der Waals surface area contributed by atoms with Crippen LogP contribution in [-0.4, -0.2) is 45.6 Å². The number of pyridine rings is 1. The molecule has 0 spiro atoms. The summed E-state index contributed by atoms with van der Waals surface area (Å²) in [6, 6.07) is 11.9. The highest BCUT2D eigenvalue weighted by atomic mass is 79.9. The number of aryl methyl sites for hydroxylation is 1. The summed E-state index contributed by atoms with van der Waals surface area (Å²) < 4.78 is 8.23. The van der Waals surface area contributed by atoms with Gasteiger partial charge in [0.15, 0.2) is 5.65 Å². The van der Waals surface area contributed by atoms with Crippen LogP contribution in [0.15, 0.2) is 47.1 Å². The Hall–Kier alpha value is -2.41. The first-order valence-electron chi connectivity index (χ1n) is 9.55. The number of nitrogens with zero attached hydrogens (tertiary/aromatic N) is 4. The van der Waals surface area contributed by atoms with Gasteiger partial charge in [-0.2, -0.15) is 0 Å². The molecule has 28 heavy (non-hydrogen) atoms. The zero-order chi connectivity index (χ0) is 19.5. The number of piperidine rings is 1. The Morgan fingerprint density at radius 3 is 2.79 bits per heavy atom. The number of halogens is 1. The molecule has 1 saturated heterocycles. The maximum Gasteiger partial charge on any atom is 0.222 e. The molecule has 146 valence electrons. The molecule has 1 fully saturated rings. The van der Waals surface area contributed by atoms with E-state index in [0.717, 1.165) is 59.6 Å². The van der Waals surface area contributed by atoms with Gasteiger partial charge in [0, 0.05) is 31.6 Å². The van der Waals surface area contributed by atoms with E-state index in [1.165, 1.54) is 0 Å². The Labute approximate surface area is 172 Å². The standard InChI is InChI=1S/C21H23BrN4O2/c1-28-18-7-5-15(14-17(18)22)6-8-20(27)25-12-9-16(10-13-25)21-24-23-19-4-2-3-11-26(19)21/h2-5,7,11,14,16H,6,8-10,12-13H2,1H3. The lowest BCUT2D eigenvalue weighted by atomic mass is 9.95. The van der Waals surface area contributed by atoms with Gasteiger partial charge in [-0.15, -0.1) is 10.2 Å². The third-order valence-electron chi connectivity index (χ3n) is 5.40. The van der Waals surface area contributed by atoms with Crippen molar-refractivity contribution in [1.29, 1.82) is 0 Å². The largest absolute Gasteiger partial charge is 0.496 e. The lowest BCUT2D eigenvalue weighted by Crippen LogP contribution is -2.38. The number of amides is 1. The van der Waals surface area contributed by atoms with Gasteiger partial charge in [-0.25, -0.2) is 0 Å². The highest BCUT2D eigenvalue weighted by Gasteiger charge is 2.26. The molecule has 0 N–H and O–H groups in total. The minimum Gasteiger partial charge on any atom is -0.496 e. The van der Waals surface area contributed by atoms with E-state index in [0.29, 0.717) is 12.3 Å². The number of likely N-dealkylation sites (tertiary alicyclic amines) is 1. The highest BCUT2D eigenvalue weighted by Crippen LogP contribution is 2.28. The summed E-state index contributed by atoms with van der Waals surface area (Å²) in [4.78, 5) is 14.6. The van der Waals surface area contributed by atoms with Crippen molar-refractivity contribution in [3.8, 4) is 5.75 Å². The van der Waals surface area contributed by atoms with Gasteiger partial charge in [-0.3, -0.25) is 9.20 Å². The number of fused-ring (bicyclic) bond motifs is 1. The topological polar surface area (TPSA) is 59.7 Å². The Bertz CT molecular complexity index is 979. The summed E-state index contributed by atoms with van der Waals surface area (Å²) >= 11 is 3.50. The summed E-state index contributed by atoms with van der Waals surface area (Å²) in [6.07, 6.45) is 5.12. The Balaban J connectivity index is 1.32. The number of hydrogen-bond donors (Lipinski definition) is 0. The number of carbonyl (C=O) groups excluding carboxylic acids is 1. The molecule has 7 heteroatoms. The monoisotopic (exact) mass is 442 g/mol. The van der Waals surface area contributed by atoms with Crippen LogP contribution in [0.4, 0.5) is 0 Å². The molecule has 3 aromatic rings. The maximum absolute atomic E-state index is 12.6. The van der Waals surface area contributed by atoms with E-state index in [4.69, 9.17) is 4.74 Å². The zero-order valence-corrected chi connectivity index (χ0v) is 17.4. The molecule has 0 atom stereocenters. The first kappa shape index (κ1) is 18.9. The highest BCUT2D eigenvalue weighted by molar-refractivity contribution is 9.10. The van der Waals surface area contributed by atoms with Crippen molar-refractivity contribution >= 4 is 27.5 Å². The normalized spacial score (nSPS) is 15.1. The summed E-state index contributed by atoms with van der Waals surface area (Å²) in [5.41, 5.74) is 2.01. The lowest BCUT2D eigenvalue weighted by molar-refractivity contribution is -0.132. The maximum atomic E-state index is 12.6. The first-order chi connectivity index (χ1) is 13.7. The SMILES string of the molecule is COc1ccc(CCC(=O)N2CCC(c3nnc4ccccn34)CC2)cc1Br. The van der Waals surface area contributed by atoms with Crippen LogP contribution in [0.25, 0.3) is 5.65 Å². The van der Waals surface area contributed by atoms with Gasteiger partial charge >= 0.3 is 0 Å². The molecule has 1 aromatic carbocycles. The first-order valence-corrected chi connectivity index (χ1v) is 10.3. The minimum absolute atomic E-state index is 0.219. The second-order valence-corrected chi connectivity index (χ2v) is 7.97. The van der Waals surface area contributed by atoms with Gasteiger partial charge in [0.1, 0.15) is 11.6 Å². The molecular formula is C21H23BrN4O2. The quantitative estimate of drug-likeness (QED) is 0.602. The number of carbonyl (C=O) groups is 1. The van der Waals surface area contributed by atoms with Gasteiger partial charge < -0.3 is 9.64 Å². The average Bonchev–Trinajstić information content (AvgIpc) is 3.16. The van der Waals surface area contributed by atoms with Gasteiger partial charge in [0.2, 0.25) is 5.91 Å². The molecular weight excluding hydrogens is 420 g/mol. The van der Waals surface area contributed by atoms with E-state index in [9.17, 15) is 4.79 Å². The van der Waals surface area contributed by atoms with Crippen LogP contribution >= 0.6 is 15.9 Å². The molecule has 0 unspecified atom stereocenters. The fourth-order valence-electron chi connectivity index (χ4n) is 3.80. The number of methoxy groups -OCH3 is 1. The minimum atomic E-state index is 0.219. The van der Waals surface area contributed by atoms with Crippen molar-refractivity contribution in [2.45, 2.75) is 31.6 Å². The van der Waals surface area contributed by atoms with Crippen molar-refractivity contribution in [2.75, 3.05) is 20.2 Å². The average molecular weight is 443 g/mol. The molecule has 0 aliphatic carbocycles. The number of hydrogen-bond acceptors (Lipinski definition) is 4. The van der Waals surface area contributed by atoms with Gasteiger partial charge in [-0.1, -0.05) is 12.1 Å². The van der Waals surface area contributed by atoms with Crippen LogP contribution < -0.4 is 4.74 Å². The van der Waals surface area contributed by atoms with Crippen LogP contribution in [0.3, 0.4) is 0 Å². The van der Waals surface area contributed by atoms with Crippen molar-refractivity contribution < 1.29 is 9.53 Å². The smallest absolute Gasteiger partial charge is 0.222 e. The third-order valence-corrected chi connectivity index (χ3v) is 6.02. The van der Waals surface area contributed by atoms with Gasteiger partial charge in [0.25, 0.3) is 0 Å². The Kier molecular flexibility index (Phi) is 5.62. The predicted molar refractivity (Wildman–Crippen MR) is 111 cm³/mol. The molecule has 3 heterocycles. The number of ether oxygens (including phenoxy) is 1. The van der Waals surface area contributed by atoms with E-state index in [-0.39, 0.29) is 5.91 Å². The van der Waals surface area contributed by atoms with Gasteiger partial charge in [0.05, 0.1) is 11.6 Å². The van der Waals surface area contributed by atoms with E-state index < -0.39 is 0 Å². The second-order valence-electron chi connectivity index (χ2n) is 7.11. The molecule has 0 radical (unpaired) electrons. The van der Waals surface area contributed by atoms with E-state index in [2.05, 4.69) is 30.5 Å². The van der Waals surface area contributed by atoms with Crippen LogP contribution in [0, 0.1) is 0 Å². The van der Waals surface area contributed by atoms with Gasteiger partial charge in [-0.05, 0) is 65.0 Å². The molecule has 0 saturated carbocycles. The van der Waals surface area contributed by atoms with E-state index in [1.54, 1.807) is 7.11 Å². The summed E-state index contributed by atoms with van der Waals surface area (Å²) in [7, 11) is 1.65. The zero-order valence-electron chi connectivity index (χ0n) is 15.8. The summed E-state index contributed by atoms with van der Waals surface area (Å²) in [5, 5.41) is 8.63. The summed E-state index contributed by atoms with van der Waals surface area (Å²) in [6.45, 7) is 1.55. The van der Waals surface area contributed by atoms with Crippen molar-refractivity contribution in [2.24, 2.45) is 0 Å². The fraction of sp³-hybridized carbons (Fsp3) is 0.381. The van der Waals surface area contributed by atoms with Crippen LogP contribution in [0.5, 0.6) is 5.75 Å². The summed E-state index contributed by atoms with van der Waals surface area (Å²) in [5.74, 6) is 2.37. The number of aromatic nitrogens is 3. The molecule has 4 rings (SSSR count). The Morgan fingerprint density at radius 2 is 2.04 bits per heavy atom. The molecule has 1 amide bonds.